The van der Waals surface area contributed by atoms with E-state index < -0.39 is 11.9 Å². The maximum absolute atomic E-state index is 12.2. The van der Waals surface area contributed by atoms with Gasteiger partial charge >= 0.3 is 6.18 Å². The molecule has 0 unspecified atom stereocenters. The smallest absolute Gasteiger partial charge is 0.296 e. The fourth-order valence-electron chi connectivity index (χ4n) is 1.02. The molecular formula is C9H9F3N2O. The monoisotopic (exact) mass is 218 g/mol. The van der Waals surface area contributed by atoms with Crippen LogP contribution in [0, 0.1) is 0 Å². The molecule has 0 N–H and O–H groups in total. The number of rotatable bonds is 3. The molecule has 0 atom stereocenters. The molecule has 0 aliphatic heterocycles. The van der Waals surface area contributed by atoms with E-state index in [1.54, 1.807) is 19.1 Å². The van der Waals surface area contributed by atoms with Gasteiger partial charge in [0.15, 0.2) is 12.0 Å². The quantitative estimate of drug-likeness (QED) is 0.576. The van der Waals surface area contributed by atoms with Crippen LogP contribution in [0.1, 0.15) is 23.1 Å². The number of carbonyl (C=O) groups excluding carboxylic acids is 1. The minimum Gasteiger partial charge on any atom is -0.296 e. The third-order valence-electron chi connectivity index (χ3n) is 1.74. The summed E-state index contributed by atoms with van der Waals surface area (Å²) < 4.78 is 37.7. The Balaban J connectivity index is 3.05. The van der Waals surface area contributed by atoms with E-state index in [2.05, 4.69) is 5.10 Å². The number of aldehydes is 1. The fourth-order valence-corrected chi connectivity index (χ4v) is 1.02. The second-order valence-electron chi connectivity index (χ2n) is 2.82. The lowest BCUT2D eigenvalue weighted by molar-refractivity contribution is -0.141. The summed E-state index contributed by atoms with van der Waals surface area (Å²) in [5, 5.41) is 3.30. The molecule has 0 radical (unpaired) electrons. The lowest BCUT2D eigenvalue weighted by atomic mass is 10.3. The SMILES string of the molecule is CC=CCn1nc(C(F)(F)F)cc1C=O. The number of hydrogen-bond donors (Lipinski definition) is 0. The highest BCUT2D eigenvalue weighted by atomic mass is 19.4. The molecule has 15 heavy (non-hydrogen) atoms. The first-order valence-corrected chi connectivity index (χ1v) is 4.20. The van der Waals surface area contributed by atoms with Crippen molar-refractivity contribution in [3.05, 3.63) is 29.6 Å². The van der Waals surface area contributed by atoms with Crippen molar-refractivity contribution in [3.8, 4) is 0 Å². The van der Waals surface area contributed by atoms with E-state index in [0.29, 0.717) is 6.29 Å². The number of halogens is 3. The Bertz CT molecular complexity index is 379. The van der Waals surface area contributed by atoms with Gasteiger partial charge in [0.2, 0.25) is 0 Å². The first-order valence-electron chi connectivity index (χ1n) is 4.20. The number of aromatic nitrogens is 2. The van der Waals surface area contributed by atoms with Gasteiger partial charge in [0, 0.05) is 0 Å². The van der Waals surface area contributed by atoms with Crippen molar-refractivity contribution in [3.63, 3.8) is 0 Å². The Kier molecular flexibility index (Phi) is 3.28. The molecule has 82 valence electrons. The molecular weight excluding hydrogens is 209 g/mol. The highest BCUT2D eigenvalue weighted by molar-refractivity contribution is 5.72. The van der Waals surface area contributed by atoms with Crippen LogP contribution in [-0.4, -0.2) is 16.1 Å². The normalized spacial score (nSPS) is 12.3. The molecule has 0 saturated carbocycles. The van der Waals surface area contributed by atoms with Gasteiger partial charge in [-0.3, -0.25) is 9.48 Å². The molecule has 0 aliphatic rings. The van der Waals surface area contributed by atoms with Gasteiger partial charge < -0.3 is 0 Å². The minimum atomic E-state index is -4.51. The summed E-state index contributed by atoms with van der Waals surface area (Å²) >= 11 is 0. The van der Waals surface area contributed by atoms with Crippen LogP contribution in [0.2, 0.25) is 0 Å². The zero-order chi connectivity index (χ0) is 11.5. The van der Waals surface area contributed by atoms with Gasteiger partial charge in [-0.2, -0.15) is 18.3 Å². The summed E-state index contributed by atoms with van der Waals surface area (Å²) in [4.78, 5) is 10.5. The van der Waals surface area contributed by atoms with Crippen LogP contribution >= 0.6 is 0 Å². The number of alkyl halides is 3. The molecule has 0 amide bonds. The first kappa shape index (κ1) is 11.5. The Morgan fingerprint density at radius 3 is 2.67 bits per heavy atom. The summed E-state index contributed by atoms with van der Waals surface area (Å²) in [6, 6.07) is 0.733. The average molecular weight is 218 g/mol. The molecule has 0 aromatic carbocycles. The van der Waals surface area contributed by atoms with Gasteiger partial charge in [-0.1, -0.05) is 12.2 Å². The van der Waals surface area contributed by atoms with Gasteiger partial charge in [-0.15, -0.1) is 0 Å². The summed E-state index contributed by atoms with van der Waals surface area (Å²) in [6.45, 7) is 1.88. The maximum atomic E-state index is 12.2. The number of hydrogen-bond acceptors (Lipinski definition) is 2. The van der Waals surface area contributed by atoms with Crippen molar-refractivity contribution in [2.45, 2.75) is 19.6 Å². The van der Waals surface area contributed by atoms with E-state index in [1.165, 1.54) is 0 Å². The Hall–Kier alpha value is -1.59. The lowest BCUT2D eigenvalue weighted by Crippen LogP contribution is -2.08. The molecule has 0 saturated heterocycles. The second-order valence-corrected chi connectivity index (χ2v) is 2.82. The van der Waals surface area contributed by atoms with Crippen LogP contribution in [0.25, 0.3) is 0 Å². The van der Waals surface area contributed by atoms with Crippen LogP contribution in [0.5, 0.6) is 0 Å². The molecule has 1 aromatic heterocycles. The lowest BCUT2D eigenvalue weighted by Gasteiger charge is -2.00. The Morgan fingerprint density at radius 1 is 1.53 bits per heavy atom. The van der Waals surface area contributed by atoms with Gasteiger partial charge in [0.1, 0.15) is 5.69 Å². The molecule has 1 rings (SSSR count). The number of allylic oxidation sites excluding steroid dienone is 2. The Morgan fingerprint density at radius 2 is 2.20 bits per heavy atom. The molecule has 1 aromatic rings. The molecule has 3 nitrogen and oxygen atoms in total. The first-order chi connectivity index (χ1) is 6.99. The van der Waals surface area contributed by atoms with Crippen molar-refractivity contribution in [1.29, 1.82) is 0 Å². The number of carbonyl (C=O) groups is 1. The number of nitrogens with zero attached hydrogens (tertiary/aromatic N) is 2. The zero-order valence-electron chi connectivity index (χ0n) is 7.95. The predicted octanol–water partition coefficient (Wildman–Crippen LogP) is 2.29. The van der Waals surface area contributed by atoms with Crippen LogP contribution in [0.15, 0.2) is 18.2 Å². The van der Waals surface area contributed by atoms with Crippen molar-refractivity contribution in [1.82, 2.24) is 9.78 Å². The van der Waals surface area contributed by atoms with Crippen molar-refractivity contribution >= 4 is 6.29 Å². The topological polar surface area (TPSA) is 34.9 Å². The van der Waals surface area contributed by atoms with Crippen LogP contribution in [0.4, 0.5) is 13.2 Å². The third kappa shape index (κ3) is 2.68. The standard InChI is InChI=1S/C9H9F3N2O/c1-2-3-4-14-7(6-15)5-8(13-14)9(10,11)12/h2-3,5-6H,4H2,1H3. The van der Waals surface area contributed by atoms with Crippen molar-refractivity contribution in [2.75, 3.05) is 0 Å². The van der Waals surface area contributed by atoms with E-state index in [4.69, 9.17) is 0 Å². The molecule has 6 heteroatoms. The van der Waals surface area contributed by atoms with Gasteiger partial charge in [0.05, 0.1) is 6.54 Å². The largest absolute Gasteiger partial charge is 0.435 e. The molecule has 0 fully saturated rings. The average Bonchev–Trinajstić information content (AvgIpc) is 2.57. The molecule has 0 aliphatic carbocycles. The van der Waals surface area contributed by atoms with E-state index in [1.807, 2.05) is 0 Å². The molecule has 1 heterocycles. The van der Waals surface area contributed by atoms with Gasteiger partial charge in [-0.05, 0) is 13.0 Å². The fraction of sp³-hybridized carbons (Fsp3) is 0.333. The summed E-state index contributed by atoms with van der Waals surface area (Å²) in [6.07, 6.45) is -0.881. The van der Waals surface area contributed by atoms with E-state index in [-0.39, 0.29) is 12.2 Å². The zero-order valence-corrected chi connectivity index (χ0v) is 7.95. The van der Waals surface area contributed by atoms with Gasteiger partial charge in [0.25, 0.3) is 0 Å². The molecule has 0 spiro atoms. The summed E-state index contributed by atoms with van der Waals surface area (Å²) in [5.74, 6) is 0. The Labute approximate surface area is 84.2 Å². The second kappa shape index (κ2) is 4.29. The van der Waals surface area contributed by atoms with E-state index >= 15 is 0 Å². The van der Waals surface area contributed by atoms with E-state index in [9.17, 15) is 18.0 Å². The van der Waals surface area contributed by atoms with E-state index in [0.717, 1.165) is 10.7 Å². The third-order valence-corrected chi connectivity index (χ3v) is 1.74. The highest BCUT2D eigenvalue weighted by Gasteiger charge is 2.34. The molecule has 0 bridgehead atoms. The van der Waals surface area contributed by atoms with Crippen LogP contribution in [-0.2, 0) is 12.7 Å². The van der Waals surface area contributed by atoms with Crippen LogP contribution in [0.3, 0.4) is 0 Å². The summed E-state index contributed by atoms with van der Waals surface area (Å²) in [5.41, 5.74) is -1.13. The minimum absolute atomic E-state index is 0.0829. The predicted molar refractivity (Wildman–Crippen MR) is 47.4 cm³/mol. The highest BCUT2D eigenvalue weighted by Crippen LogP contribution is 2.28. The maximum Gasteiger partial charge on any atom is 0.435 e. The summed E-state index contributed by atoms with van der Waals surface area (Å²) in [7, 11) is 0. The van der Waals surface area contributed by atoms with Crippen LogP contribution < -0.4 is 0 Å². The van der Waals surface area contributed by atoms with Gasteiger partial charge in [-0.25, -0.2) is 0 Å². The van der Waals surface area contributed by atoms with Crippen molar-refractivity contribution in [2.24, 2.45) is 0 Å². The van der Waals surface area contributed by atoms with Crippen molar-refractivity contribution < 1.29 is 18.0 Å².